The first-order chi connectivity index (χ1) is 3.43. The molecule has 0 saturated heterocycles. The Hall–Kier alpha value is -0.610. The predicted molar refractivity (Wildman–Crippen MR) is 26.9 cm³/mol. The molecule has 1 aromatic heterocycles. The molecule has 38 valence electrons. The number of nitrogens with two attached hydrogens (primary N) is 1. The second kappa shape index (κ2) is 1.90. The molecule has 7 heavy (non-hydrogen) atoms. The van der Waals surface area contributed by atoms with Crippen LogP contribution in [0.3, 0.4) is 0 Å². The monoisotopic (exact) mass is 116 g/mol. The summed E-state index contributed by atoms with van der Waals surface area (Å²) >= 11 is 1.36. The number of nitrogens with zero attached hydrogens (tertiary/aromatic N) is 1. The van der Waals surface area contributed by atoms with Gasteiger partial charge in [0.15, 0.2) is 0 Å². The molecule has 0 radical (unpaired) electrons. The molecule has 0 aliphatic rings. The zero-order valence-electron chi connectivity index (χ0n) is 3.50. The van der Waals surface area contributed by atoms with Gasteiger partial charge >= 0.3 is 0 Å². The largest absolute Gasteiger partial charge is 0.380 e. The third-order valence-electron chi connectivity index (χ3n) is 0.510. The van der Waals surface area contributed by atoms with Gasteiger partial charge in [0.2, 0.25) is 0 Å². The van der Waals surface area contributed by atoms with Gasteiger partial charge in [-0.15, -0.1) is 0 Å². The van der Waals surface area contributed by atoms with E-state index in [1.807, 2.05) is 0 Å². The van der Waals surface area contributed by atoms with E-state index in [1.165, 1.54) is 11.3 Å². The Labute approximate surface area is 44.7 Å². The lowest BCUT2D eigenvalue weighted by atomic mass is 11.0. The Balaban J connectivity index is 2.76. The van der Waals surface area contributed by atoms with Crippen molar-refractivity contribution < 1.29 is 4.84 Å². The number of hydrogen-bond donors (Lipinski definition) is 1. The molecule has 0 atom stereocenters. The van der Waals surface area contributed by atoms with Crippen molar-refractivity contribution in [3.63, 3.8) is 0 Å². The zero-order valence-corrected chi connectivity index (χ0v) is 4.31. The number of hydrogen-bond acceptors (Lipinski definition) is 4. The highest BCUT2D eigenvalue weighted by Crippen LogP contribution is 2.10. The molecule has 0 saturated carbocycles. The molecule has 4 heteroatoms. The summed E-state index contributed by atoms with van der Waals surface area (Å²) in [7, 11) is 0. The van der Waals surface area contributed by atoms with Crippen LogP contribution in [0.25, 0.3) is 0 Å². The van der Waals surface area contributed by atoms with Crippen LogP contribution in [-0.2, 0) is 0 Å². The van der Waals surface area contributed by atoms with Gasteiger partial charge in [0.25, 0.3) is 5.19 Å². The van der Waals surface area contributed by atoms with E-state index in [1.54, 1.807) is 11.6 Å². The molecule has 0 aromatic carbocycles. The molecule has 1 aromatic rings. The molecule has 0 aliphatic carbocycles. The summed E-state index contributed by atoms with van der Waals surface area (Å²) in [5, 5.41) is 2.29. The van der Waals surface area contributed by atoms with Crippen LogP contribution >= 0.6 is 11.3 Å². The minimum absolute atomic E-state index is 0.500. The lowest BCUT2D eigenvalue weighted by molar-refractivity contribution is 0.332. The Morgan fingerprint density at radius 1 is 1.86 bits per heavy atom. The Kier molecular flexibility index (Phi) is 1.24. The van der Waals surface area contributed by atoms with E-state index in [9.17, 15) is 0 Å². The molecular weight excluding hydrogens is 112 g/mol. The van der Waals surface area contributed by atoms with Crippen molar-refractivity contribution >= 4 is 11.3 Å². The summed E-state index contributed by atoms with van der Waals surface area (Å²) in [5.74, 6) is 4.74. The van der Waals surface area contributed by atoms with Gasteiger partial charge in [0.05, 0.1) is 0 Å². The quantitative estimate of drug-likeness (QED) is 0.540. The van der Waals surface area contributed by atoms with Crippen molar-refractivity contribution in [3.05, 3.63) is 11.6 Å². The fourth-order valence-electron chi connectivity index (χ4n) is 0.269. The Morgan fingerprint density at radius 2 is 2.71 bits per heavy atom. The minimum Gasteiger partial charge on any atom is -0.380 e. The normalized spacial score (nSPS) is 8.71. The average Bonchev–Trinajstić information content (AvgIpc) is 2.14. The second-order valence-corrected chi connectivity index (χ2v) is 1.77. The number of rotatable bonds is 1. The lowest BCUT2D eigenvalue weighted by Crippen LogP contribution is -2.00. The smallest absolute Gasteiger partial charge is 0.293 e. The molecule has 1 rings (SSSR count). The SMILES string of the molecule is NOc1nccs1. The van der Waals surface area contributed by atoms with Crippen LogP contribution in [0.1, 0.15) is 0 Å². The standard InChI is InChI=1S/C3H4N2OS/c4-6-3-5-1-2-7-3/h1-2H,4H2. The van der Waals surface area contributed by atoms with Gasteiger partial charge in [-0.3, -0.25) is 0 Å². The third-order valence-corrected chi connectivity index (χ3v) is 1.17. The number of aromatic nitrogens is 1. The van der Waals surface area contributed by atoms with E-state index >= 15 is 0 Å². The Morgan fingerprint density at radius 3 is 3.00 bits per heavy atom. The van der Waals surface area contributed by atoms with E-state index in [0.717, 1.165) is 0 Å². The fraction of sp³-hybridized carbons (Fsp3) is 0. The van der Waals surface area contributed by atoms with Crippen molar-refractivity contribution in [3.8, 4) is 5.19 Å². The highest BCUT2D eigenvalue weighted by atomic mass is 32.1. The zero-order chi connectivity index (χ0) is 5.11. The first-order valence-electron chi connectivity index (χ1n) is 1.69. The molecule has 1 heterocycles. The predicted octanol–water partition coefficient (Wildman–Crippen LogP) is 0.396. The van der Waals surface area contributed by atoms with Crippen molar-refractivity contribution in [2.45, 2.75) is 0 Å². The minimum atomic E-state index is 0.500. The highest BCUT2D eigenvalue weighted by Gasteiger charge is 1.86. The molecule has 0 aliphatic heterocycles. The van der Waals surface area contributed by atoms with Crippen LogP contribution in [-0.4, -0.2) is 4.98 Å². The number of thiazole rings is 1. The molecule has 0 fully saturated rings. The van der Waals surface area contributed by atoms with Gasteiger partial charge in [-0.05, 0) is 0 Å². The van der Waals surface area contributed by atoms with Gasteiger partial charge in [0, 0.05) is 11.6 Å². The lowest BCUT2D eigenvalue weighted by Gasteiger charge is -1.83. The topological polar surface area (TPSA) is 48.1 Å². The van der Waals surface area contributed by atoms with Crippen LogP contribution in [0.15, 0.2) is 11.6 Å². The van der Waals surface area contributed by atoms with Crippen molar-refractivity contribution in [1.82, 2.24) is 4.98 Å². The summed E-state index contributed by atoms with van der Waals surface area (Å²) in [5.41, 5.74) is 0. The molecule has 2 N–H and O–H groups in total. The molecule has 0 spiro atoms. The van der Waals surface area contributed by atoms with E-state index in [2.05, 4.69) is 9.82 Å². The van der Waals surface area contributed by atoms with Crippen molar-refractivity contribution in [1.29, 1.82) is 0 Å². The maximum absolute atomic E-state index is 4.74. The highest BCUT2D eigenvalue weighted by molar-refractivity contribution is 7.11. The summed E-state index contributed by atoms with van der Waals surface area (Å²) in [4.78, 5) is 7.97. The van der Waals surface area contributed by atoms with E-state index in [4.69, 9.17) is 5.90 Å². The first-order valence-corrected chi connectivity index (χ1v) is 2.57. The molecule has 3 nitrogen and oxygen atoms in total. The summed E-state index contributed by atoms with van der Waals surface area (Å²) in [6.07, 6.45) is 1.63. The van der Waals surface area contributed by atoms with E-state index in [0.29, 0.717) is 5.19 Å². The van der Waals surface area contributed by atoms with Crippen molar-refractivity contribution in [2.24, 2.45) is 5.90 Å². The summed E-state index contributed by atoms with van der Waals surface area (Å²) < 4.78 is 0. The Bertz CT molecular complexity index is 127. The summed E-state index contributed by atoms with van der Waals surface area (Å²) in [6.45, 7) is 0. The fourth-order valence-corrected chi connectivity index (χ4v) is 0.684. The molecular formula is C3H4N2OS. The van der Waals surface area contributed by atoms with Gasteiger partial charge in [-0.2, -0.15) is 5.90 Å². The van der Waals surface area contributed by atoms with E-state index in [-0.39, 0.29) is 0 Å². The van der Waals surface area contributed by atoms with Crippen LogP contribution in [0.4, 0.5) is 0 Å². The van der Waals surface area contributed by atoms with Crippen LogP contribution < -0.4 is 10.7 Å². The maximum atomic E-state index is 4.74. The van der Waals surface area contributed by atoms with Crippen molar-refractivity contribution in [2.75, 3.05) is 0 Å². The van der Waals surface area contributed by atoms with Gasteiger partial charge in [0.1, 0.15) is 0 Å². The first kappa shape index (κ1) is 4.55. The second-order valence-electron chi connectivity index (χ2n) is 0.916. The van der Waals surface area contributed by atoms with Gasteiger partial charge in [-0.25, -0.2) is 4.98 Å². The molecule has 0 bridgehead atoms. The summed E-state index contributed by atoms with van der Waals surface area (Å²) in [6, 6.07) is 0. The van der Waals surface area contributed by atoms with E-state index < -0.39 is 0 Å². The maximum Gasteiger partial charge on any atom is 0.293 e. The van der Waals surface area contributed by atoms with Gasteiger partial charge < -0.3 is 4.84 Å². The average molecular weight is 116 g/mol. The molecule has 0 unspecified atom stereocenters. The third kappa shape index (κ3) is 0.880. The molecule has 0 amide bonds. The van der Waals surface area contributed by atoms with Crippen LogP contribution in [0, 0.1) is 0 Å². The van der Waals surface area contributed by atoms with Crippen LogP contribution in [0.5, 0.6) is 5.19 Å². The van der Waals surface area contributed by atoms with Crippen LogP contribution in [0.2, 0.25) is 0 Å². The van der Waals surface area contributed by atoms with Gasteiger partial charge in [-0.1, -0.05) is 11.3 Å².